The Morgan fingerprint density at radius 3 is 2.79 bits per heavy atom. The van der Waals surface area contributed by atoms with E-state index < -0.39 is 0 Å². The van der Waals surface area contributed by atoms with Gasteiger partial charge in [-0.1, -0.05) is 12.8 Å². The highest BCUT2D eigenvalue weighted by atomic mass is 16.5. The van der Waals surface area contributed by atoms with E-state index in [9.17, 15) is 4.79 Å². The molecule has 1 rings (SSSR count). The Labute approximate surface area is 86.0 Å². The van der Waals surface area contributed by atoms with Crippen molar-refractivity contribution in [2.24, 2.45) is 11.7 Å². The molecule has 2 atom stereocenters. The molecule has 1 aliphatic rings. The molecule has 0 aliphatic heterocycles. The van der Waals surface area contributed by atoms with Crippen molar-refractivity contribution in [1.82, 2.24) is 0 Å². The average Bonchev–Trinajstić information content (AvgIpc) is 2.17. The normalized spacial score (nSPS) is 27.3. The maximum atomic E-state index is 11.1. The van der Waals surface area contributed by atoms with Gasteiger partial charge in [-0.3, -0.25) is 4.79 Å². The van der Waals surface area contributed by atoms with Gasteiger partial charge in [-0.05, 0) is 32.1 Å². The Bertz CT molecular complexity index is 182. The van der Waals surface area contributed by atoms with Crippen LogP contribution in [-0.4, -0.2) is 18.6 Å². The number of carbonyl (C=O) groups is 1. The number of carbonyl (C=O) groups excluding carboxylic acids is 1. The maximum absolute atomic E-state index is 11.1. The quantitative estimate of drug-likeness (QED) is 0.703. The summed E-state index contributed by atoms with van der Waals surface area (Å²) >= 11 is 0. The number of rotatable bonds is 4. The molecule has 0 spiro atoms. The van der Waals surface area contributed by atoms with Gasteiger partial charge in [0.15, 0.2) is 0 Å². The van der Waals surface area contributed by atoms with E-state index in [0.717, 1.165) is 12.8 Å². The first-order valence-electron chi connectivity index (χ1n) is 5.65. The highest BCUT2D eigenvalue weighted by molar-refractivity contribution is 5.69. The lowest BCUT2D eigenvalue weighted by Crippen LogP contribution is -2.33. The molecule has 3 heteroatoms. The van der Waals surface area contributed by atoms with Crippen LogP contribution in [0.1, 0.15) is 45.4 Å². The molecule has 0 aromatic carbocycles. The van der Waals surface area contributed by atoms with Gasteiger partial charge in [0.25, 0.3) is 0 Å². The minimum absolute atomic E-state index is 0.0785. The summed E-state index contributed by atoms with van der Waals surface area (Å²) in [5, 5.41) is 0. The summed E-state index contributed by atoms with van der Waals surface area (Å²) in [7, 11) is 0. The van der Waals surface area contributed by atoms with Crippen LogP contribution >= 0.6 is 0 Å². The molecule has 2 unspecified atom stereocenters. The third-order valence-corrected chi connectivity index (χ3v) is 2.99. The molecule has 0 bridgehead atoms. The zero-order chi connectivity index (χ0) is 10.4. The van der Waals surface area contributed by atoms with Crippen LogP contribution in [0.2, 0.25) is 0 Å². The fourth-order valence-corrected chi connectivity index (χ4v) is 2.13. The third-order valence-electron chi connectivity index (χ3n) is 2.99. The minimum Gasteiger partial charge on any atom is -0.466 e. The van der Waals surface area contributed by atoms with Crippen molar-refractivity contribution in [3.63, 3.8) is 0 Å². The molecule has 1 aliphatic carbocycles. The van der Waals surface area contributed by atoms with Crippen LogP contribution in [0.15, 0.2) is 0 Å². The summed E-state index contributed by atoms with van der Waals surface area (Å²) in [6.07, 6.45) is 6.25. The van der Waals surface area contributed by atoms with Crippen LogP contribution in [0.5, 0.6) is 0 Å². The van der Waals surface area contributed by atoms with Crippen molar-refractivity contribution in [2.75, 3.05) is 6.61 Å². The van der Waals surface area contributed by atoms with E-state index in [1.54, 1.807) is 0 Å². The lowest BCUT2D eigenvalue weighted by atomic mass is 9.82. The topological polar surface area (TPSA) is 52.3 Å². The predicted molar refractivity (Wildman–Crippen MR) is 55.8 cm³/mol. The van der Waals surface area contributed by atoms with Crippen molar-refractivity contribution in [1.29, 1.82) is 0 Å². The van der Waals surface area contributed by atoms with Gasteiger partial charge in [-0.15, -0.1) is 0 Å². The Balaban J connectivity index is 2.19. The third kappa shape index (κ3) is 3.66. The van der Waals surface area contributed by atoms with Crippen LogP contribution in [-0.2, 0) is 9.53 Å². The number of esters is 1. The fourth-order valence-electron chi connectivity index (χ4n) is 2.13. The molecule has 82 valence electrons. The number of hydrogen-bond donors (Lipinski definition) is 1. The zero-order valence-corrected chi connectivity index (χ0v) is 9.00. The molecule has 0 amide bonds. The zero-order valence-electron chi connectivity index (χ0n) is 9.00. The lowest BCUT2D eigenvalue weighted by Gasteiger charge is -2.28. The summed E-state index contributed by atoms with van der Waals surface area (Å²) in [4.78, 5) is 11.1. The van der Waals surface area contributed by atoms with Gasteiger partial charge in [0.05, 0.1) is 6.61 Å². The van der Waals surface area contributed by atoms with Gasteiger partial charge in [0, 0.05) is 12.5 Å². The van der Waals surface area contributed by atoms with E-state index in [-0.39, 0.29) is 5.97 Å². The summed E-state index contributed by atoms with van der Waals surface area (Å²) in [6.45, 7) is 2.32. The van der Waals surface area contributed by atoms with E-state index >= 15 is 0 Å². The van der Waals surface area contributed by atoms with Gasteiger partial charge < -0.3 is 10.5 Å². The molecule has 1 saturated carbocycles. The van der Waals surface area contributed by atoms with E-state index in [4.69, 9.17) is 10.5 Å². The summed E-state index contributed by atoms with van der Waals surface area (Å²) in [6, 6.07) is 0.304. The van der Waals surface area contributed by atoms with E-state index in [2.05, 4.69) is 0 Å². The number of hydrogen-bond acceptors (Lipinski definition) is 3. The molecule has 14 heavy (non-hydrogen) atoms. The maximum Gasteiger partial charge on any atom is 0.305 e. The first-order valence-corrected chi connectivity index (χ1v) is 5.65. The van der Waals surface area contributed by atoms with Crippen molar-refractivity contribution in [3.05, 3.63) is 0 Å². The van der Waals surface area contributed by atoms with E-state index in [1.807, 2.05) is 6.92 Å². The lowest BCUT2D eigenvalue weighted by molar-refractivity contribution is -0.143. The van der Waals surface area contributed by atoms with Gasteiger partial charge in [0.1, 0.15) is 0 Å². The monoisotopic (exact) mass is 199 g/mol. The molecule has 0 heterocycles. The van der Waals surface area contributed by atoms with Crippen LogP contribution in [0.4, 0.5) is 0 Å². The second-order valence-electron chi connectivity index (χ2n) is 4.05. The van der Waals surface area contributed by atoms with Crippen LogP contribution in [0, 0.1) is 5.92 Å². The van der Waals surface area contributed by atoms with Crippen LogP contribution in [0.25, 0.3) is 0 Å². The number of ether oxygens (including phenoxy) is 1. The summed E-state index contributed by atoms with van der Waals surface area (Å²) in [5.74, 6) is 0.457. The first kappa shape index (κ1) is 11.5. The predicted octanol–water partition coefficient (Wildman–Crippen LogP) is 1.85. The summed E-state index contributed by atoms with van der Waals surface area (Å²) < 4.78 is 4.89. The smallest absolute Gasteiger partial charge is 0.305 e. The van der Waals surface area contributed by atoms with Crippen molar-refractivity contribution >= 4 is 5.97 Å². The van der Waals surface area contributed by atoms with Gasteiger partial charge in [-0.2, -0.15) is 0 Å². The molecule has 0 saturated heterocycles. The van der Waals surface area contributed by atoms with Crippen LogP contribution in [0.3, 0.4) is 0 Å². The van der Waals surface area contributed by atoms with Gasteiger partial charge in [0.2, 0.25) is 0 Å². The average molecular weight is 199 g/mol. The standard InChI is InChI=1S/C11H21NO2/c1-2-14-11(13)8-7-9-5-3-4-6-10(9)12/h9-10H,2-8,12H2,1H3. The van der Waals surface area contributed by atoms with Gasteiger partial charge >= 0.3 is 5.97 Å². The van der Waals surface area contributed by atoms with Crippen molar-refractivity contribution in [2.45, 2.75) is 51.5 Å². The molecule has 0 aromatic rings. The van der Waals surface area contributed by atoms with Crippen molar-refractivity contribution in [3.8, 4) is 0 Å². The Hall–Kier alpha value is -0.570. The Morgan fingerprint density at radius 2 is 2.14 bits per heavy atom. The molecule has 3 nitrogen and oxygen atoms in total. The van der Waals surface area contributed by atoms with E-state index in [0.29, 0.717) is 25.0 Å². The highest BCUT2D eigenvalue weighted by Gasteiger charge is 2.22. The molecule has 0 aromatic heterocycles. The first-order chi connectivity index (χ1) is 6.74. The van der Waals surface area contributed by atoms with E-state index in [1.165, 1.54) is 19.3 Å². The highest BCUT2D eigenvalue weighted by Crippen LogP contribution is 2.26. The molecular weight excluding hydrogens is 178 g/mol. The second kappa shape index (κ2) is 6.02. The SMILES string of the molecule is CCOC(=O)CCC1CCCCC1N. The largest absolute Gasteiger partial charge is 0.466 e. The fraction of sp³-hybridized carbons (Fsp3) is 0.909. The molecule has 1 fully saturated rings. The number of nitrogens with two attached hydrogens (primary N) is 1. The molecular formula is C11H21NO2. The van der Waals surface area contributed by atoms with Gasteiger partial charge in [-0.25, -0.2) is 0 Å². The van der Waals surface area contributed by atoms with Crippen molar-refractivity contribution < 1.29 is 9.53 Å². The Morgan fingerprint density at radius 1 is 1.43 bits per heavy atom. The van der Waals surface area contributed by atoms with Crippen LogP contribution < -0.4 is 5.73 Å². The minimum atomic E-state index is -0.0785. The second-order valence-corrected chi connectivity index (χ2v) is 4.05. The molecule has 2 N–H and O–H groups in total. The summed E-state index contributed by atoms with van der Waals surface area (Å²) in [5.41, 5.74) is 5.99. The molecule has 0 radical (unpaired) electrons. The Kier molecular flexibility index (Phi) is 4.94.